The zero-order chi connectivity index (χ0) is 59.4. The van der Waals surface area contributed by atoms with Crippen LogP contribution in [0, 0.1) is 0 Å². The normalized spacial score (nSPS) is 21.2. The van der Waals surface area contributed by atoms with Crippen molar-refractivity contribution in [3.8, 4) is 0 Å². The molecule has 0 nitrogen and oxygen atoms in total. The Kier molecular flexibility index (Phi) is 18.0. The molecule has 0 saturated carbocycles. The molecule has 8 rings (SSSR count). The number of unbranched alkanes of at least 4 members (excludes halogenated alkanes) is 3. The zero-order valence-electron chi connectivity index (χ0n) is 54.0. The monoisotopic (exact) mass is 1350 g/mol. The molecule has 4 unspecified atom stereocenters. The molecule has 4 aromatic carbocycles. The molecule has 80 heavy (non-hydrogen) atoms. The molecule has 0 amide bonds. The van der Waals surface area contributed by atoms with E-state index < -0.39 is 41.4 Å². The summed E-state index contributed by atoms with van der Waals surface area (Å²) in [4.78, 5) is 0. The van der Waals surface area contributed by atoms with E-state index >= 15 is 0 Å². The summed E-state index contributed by atoms with van der Waals surface area (Å²) < 4.78 is 1.95. The standard InChI is InChI=1S/4C16H21.C6H12.2CH5Si.4ClH.2Zr/c4*1-10(2)13-8-14-6-12(5)7-16(14)15(9-13)11(3)4;1-3-5-6-4-2;2*1-2;;;;;;/h4*6-11H,1-5H3;1-6H2;2*2H2,1H3;4*1H;;/q;;;;;;;;;;;2*+2/p-4. The van der Waals surface area contributed by atoms with Gasteiger partial charge in [0.25, 0.3) is 0 Å². The molecule has 438 valence electrons. The van der Waals surface area contributed by atoms with Crippen molar-refractivity contribution in [2.24, 2.45) is 0 Å². The fourth-order valence-corrected chi connectivity index (χ4v) is 104. The van der Waals surface area contributed by atoms with Gasteiger partial charge in [0.2, 0.25) is 0 Å². The van der Waals surface area contributed by atoms with Crippen molar-refractivity contribution in [3.63, 3.8) is 0 Å². The van der Waals surface area contributed by atoms with E-state index in [9.17, 15) is 34.1 Å². The van der Waals surface area contributed by atoms with Gasteiger partial charge in [0, 0.05) is 0 Å². The van der Waals surface area contributed by atoms with Crippen LogP contribution in [0.25, 0.3) is 24.3 Å². The fourth-order valence-electron chi connectivity index (χ4n) is 17.8. The van der Waals surface area contributed by atoms with Crippen LogP contribution in [0.1, 0.15) is 315 Å². The third-order valence-corrected chi connectivity index (χ3v) is 132. The molecule has 4 aliphatic carbocycles. The van der Waals surface area contributed by atoms with Gasteiger partial charge in [-0.15, -0.1) is 0 Å². The summed E-state index contributed by atoms with van der Waals surface area (Å²) in [6.45, 7) is 50.3. The summed E-state index contributed by atoms with van der Waals surface area (Å²) in [6.07, 6.45) is 14.3. The first-order valence-electron chi connectivity index (χ1n) is 32.0. The molecular weight excluding hydrogens is 1250 g/mol. The number of rotatable bonds is 21. The molecular formula is C72H106Cl4Si2Zr2. The Morgan fingerprint density at radius 1 is 0.325 bits per heavy atom. The predicted molar refractivity (Wildman–Crippen MR) is 364 cm³/mol. The minimum absolute atomic E-state index is 0.0333. The van der Waals surface area contributed by atoms with Crippen molar-refractivity contribution < 1.29 is 28.1 Å². The fraction of sp³-hybridized carbons (Fsp3) is 0.556. The molecule has 0 N–H and O–H groups in total. The van der Waals surface area contributed by atoms with E-state index in [4.69, 9.17) is 0 Å². The van der Waals surface area contributed by atoms with Gasteiger partial charge in [-0.05, 0) is 0 Å². The van der Waals surface area contributed by atoms with Crippen molar-refractivity contribution >= 4 is 71.6 Å². The van der Waals surface area contributed by atoms with Crippen molar-refractivity contribution in [3.05, 3.63) is 160 Å². The van der Waals surface area contributed by atoms with E-state index in [1.165, 1.54) is 111 Å². The molecule has 4 atom stereocenters. The van der Waals surface area contributed by atoms with Crippen LogP contribution in [0.3, 0.4) is 0 Å². The minimum atomic E-state index is -5.79. The Morgan fingerprint density at radius 2 is 0.525 bits per heavy atom. The van der Waals surface area contributed by atoms with Gasteiger partial charge in [0.15, 0.2) is 0 Å². The van der Waals surface area contributed by atoms with Gasteiger partial charge >= 0.3 is 507 Å². The topological polar surface area (TPSA) is 0 Å². The van der Waals surface area contributed by atoms with E-state index in [0.29, 0.717) is 47.3 Å². The molecule has 0 radical (unpaired) electrons. The van der Waals surface area contributed by atoms with Crippen molar-refractivity contribution in [2.75, 3.05) is 0 Å². The van der Waals surface area contributed by atoms with Crippen LogP contribution in [0.5, 0.6) is 0 Å². The summed E-state index contributed by atoms with van der Waals surface area (Å²) >= 11 is -11.6. The van der Waals surface area contributed by atoms with Gasteiger partial charge in [-0.25, -0.2) is 0 Å². The Labute approximate surface area is 501 Å². The molecule has 8 heteroatoms. The summed E-state index contributed by atoms with van der Waals surface area (Å²) in [5, 5.41) is 0. The third-order valence-electron chi connectivity index (χ3n) is 22.2. The van der Waals surface area contributed by atoms with Crippen LogP contribution in [0.4, 0.5) is 0 Å². The number of fused-ring (bicyclic) bond motifs is 4. The maximum atomic E-state index is 9.62. The summed E-state index contributed by atoms with van der Waals surface area (Å²) in [5.41, 5.74) is 28.3. The van der Waals surface area contributed by atoms with E-state index in [0.717, 1.165) is 33.9 Å². The van der Waals surface area contributed by atoms with Crippen molar-refractivity contribution in [1.82, 2.24) is 0 Å². The number of hydrogen-bond acceptors (Lipinski definition) is 0. The molecule has 4 aliphatic rings. The van der Waals surface area contributed by atoms with E-state index in [2.05, 4.69) is 224 Å². The van der Waals surface area contributed by atoms with Crippen LogP contribution in [-0.4, -0.2) is 13.3 Å². The van der Waals surface area contributed by atoms with Gasteiger partial charge in [-0.1, -0.05) is 0 Å². The quantitative estimate of drug-likeness (QED) is 0.0576. The van der Waals surface area contributed by atoms with E-state index in [-0.39, 0.29) is 14.5 Å². The first-order valence-corrected chi connectivity index (χ1v) is 68.5. The summed E-state index contributed by atoms with van der Waals surface area (Å²) in [6, 6.07) is 20.3. The van der Waals surface area contributed by atoms with E-state index in [1.807, 2.05) is 0 Å². The van der Waals surface area contributed by atoms with Crippen LogP contribution < -0.4 is 0 Å². The van der Waals surface area contributed by atoms with Crippen LogP contribution in [0.15, 0.2) is 70.8 Å². The molecule has 0 fully saturated rings. The zero-order valence-corrected chi connectivity index (χ0v) is 64.8. The number of hydrogen-bond donors (Lipinski definition) is 0. The van der Waals surface area contributed by atoms with Gasteiger partial charge in [-0.2, -0.15) is 0 Å². The average molecular weight is 1350 g/mol. The first-order chi connectivity index (χ1) is 37.0. The second kappa shape index (κ2) is 22.1. The molecule has 0 heterocycles. The summed E-state index contributed by atoms with van der Waals surface area (Å²) in [7, 11) is 38.5. The van der Waals surface area contributed by atoms with Gasteiger partial charge < -0.3 is 0 Å². The molecule has 0 saturated heterocycles. The molecule has 0 spiro atoms. The van der Waals surface area contributed by atoms with Gasteiger partial charge in [0.1, 0.15) is 0 Å². The molecule has 0 aliphatic heterocycles. The van der Waals surface area contributed by atoms with Crippen LogP contribution in [0.2, 0.25) is 21.4 Å². The van der Waals surface area contributed by atoms with Crippen LogP contribution in [-0.2, 0) is 28.1 Å². The molecule has 0 bridgehead atoms. The Balaban J connectivity index is 1.28. The Hall–Kier alpha value is -0.800. The number of halogens is 4. The second-order valence-electron chi connectivity index (χ2n) is 30.1. The predicted octanol–water partition coefficient (Wildman–Crippen LogP) is 24.3. The molecule has 4 aromatic rings. The number of allylic oxidation sites excluding steroid dienone is 4. The van der Waals surface area contributed by atoms with E-state index in [1.54, 1.807) is 0 Å². The molecule has 0 aromatic heterocycles. The second-order valence-corrected chi connectivity index (χ2v) is 137. The number of benzene rings is 4. The van der Waals surface area contributed by atoms with Gasteiger partial charge in [0.05, 0.1) is 0 Å². The third kappa shape index (κ3) is 10.3. The first kappa shape index (κ1) is 65.2. The SMILES string of the molecule is C[SiH2][Zr]([Cl])([Cl])([CH2]CCCC[CH2][Zr]([Cl])([Cl])([SiH2]C)([CH]1C(C)=Cc2c(C(C)C)cc(C(C)C)cc21)[CH]1C(C)=Cc2c(C(C)C)cc(C(C)C)cc21)([CH]1C(C)=Cc2c(C(C)C)cc(C(C)C)cc21)[CH]1C(C)=Cc2c(C(C)C)cc(C(C)C)cc21. The summed E-state index contributed by atoms with van der Waals surface area (Å²) in [5.74, 6) is 3.13. The van der Waals surface area contributed by atoms with Gasteiger partial charge in [-0.3, -0.25) is 0 Å². The van der Waals surface area contributed by atoms with Crippen molar-refractivity contribution in [1.29, 1.82) is 0 Å². The maximum absolute atomic E-state index is 9.62. The van der Waals surface area contributed by atoms with Crippen LogP contribution >= 0.6 is 34.1 Å². The van der Waals surface area contributed by atoms with Crippen molar-refractivity contribution in [2.45, 2.75) is 247 Å². The Morgan fingerprint density at radius 3 is 0.688 bits per heavy atom. The Bertz CT molecular complexity index is 2870. The average Bonchev–Trinajstić information content (AvgIpc) is 4.29.